The highest BCUT2D eigenvalue weighted by atomic mass is 16.5. The molecule has 0 aliphatic carbocycles. The van der Waals surface area contributed by atoms with E-state index in [1.165, 1.54) is 5.56 Å². The molecular formula is C14H19NO2. The number of nitrogens with zero attached hydrogens (tertiary/aromatic N) is 1. The molecule has 3 heteroatoms. The summed E-state index contributed by atoms with van der Waals surface area (Å²) < 4.78 is 5.39. The van der Waals surface area contributed by atoms with Crippen molar-refractivity contribution in [1.29, 1.82) is 5.26 Å². The van der Waals surface area contributed by atoms with Crippen LogP contribution in [0.5, 0.6) is 5.75 Å². The quantitative estimate of drug-likeness (QED) is 0.869. The lowest BCUT2D eigenvalue weighted by Crippen LogP contribution is -2.16. The lowest BCUT2D eigenvalue weighted by Gasteiger charge is -2.19. The first kappa shape index (κ1) is 13.5. The van der Waals surface area contributed by atoms with Crippen LogP contribution in [0.15, 0.2) is 24.3 Å². The average Bonchev–Trinajstić information content (AvgIpc) is 2.26. The van der Waals surface area contributed by atoms with Gasteiger partial charge in [0.25, 0.3) is 0 Å². The van der Waals surface area contributed by atoms with Gasteiger partial charge < -0.3 is 9.84 Å². The Bertz CT molecular complexity index is 384. The first-order chi connectivity index (χ1) is 7.93. The standard InChI is InChI=1S/C14H19NO2/c1-14(2,3)11-4-6-13(7-5-11)17-10-12(16)8-9-15/h4-7,12,16H,8,10H2,1-3H3. The van der Waals surface area contributed by atoms with E-state index in [0.717, 1.165) is 5.75 Å². The number of benzene rings is 1. The number of ether oxygens (including phenoxy) is 1. The van der Waals surface area contributed by atoms with Crippen LogP contribution < -0.4 is 4.74 Å². The third-order valence-corrected chi connectivity index (χ3v) is 2.49. The van der Waals surface area contributed by atoms with Crippen LogP contribution in [0.25, 0.3) is 0 Å². The molecule has 0 amide bonds. The number of hydrogen-bond acceptors (Lipinski definition) is 3. The molecule has 0 saturated heterocycles. The van der Waals surface area contributed by atoms with Crippen LogP contribution >= 0.6 is 0 Å². The molecule has 0 aromatic heterocycles. The zero-order valence-electron chi connectivity index (χ0n) is 10.6. The molecule has 1 atom stereocenters. The van der Waals surface area contributed by atoms with Crippen molar-refractivity contribution in [2.75, 3.05) is 6.61 Å². The molecule has 92 valence electrons. The summed E-state index contributed by atoms with van der Waals surface area (Å²) >= 11 is 0. The zero-order valence-corrected chi connectivity index (χ0v) is 10.6. The van der Waals surface area contributed by atoms with Crippen LogP contribution in [0.3, 0.4) is 0 Å². The van der Waals surface area contributed by atoms with E-state index >= 15 is 0 Å². The molecule has 1 unspecified atom stereocenters. The van der Waals surface area contributed by atoms with Crippen molar-refractivity contribution in [3.8, 4) is 11.8 Å². The van der Waals surface area contributed by atoms with Crippen molar-refractivity contribution < 1.29 is 9.84 Å². The Morgan fingerprint density at radius 2 is 1.88 bits per heavy atom. The Morgan fingerprint density at radius 1 is 1.29 bits per heavy atom. The number of aliphatic hydroxyl groups excluding tert-OH is 1. The molecule has 0 radical (unpaired) electrons. The summed E-state index contributed by atoms with van der Waals surface area (Å²) in [6.07, 6.45) is -0.623. The number of hydrogen-bond donors (Lipinski definition) is 1. The fourth-order valence-corrected chi connectivity index (χ4v) is 1.41. The Hall–Kier alpha value is -1.53. The van der Waals surface area contributed by atoms with Crippen LogP contribution in [-0.2, 0) is 5.41 Å². The highest BCUT2D eigenvalue weighted by molar-refractivity contribution is 5.31. The van der Waals surface area contributed by atoms with Gasteiger partial charge in [0.15, 0.2) is 0 Å². The fourth-order valence-electron chi connectivity index (χ4n) is 1.41. The minimum absolute atomic E-state index is 0.0973. The van der Waals surface area contributed by atoms with Gasteiger partial charge in [-0.3, -0.25) is 0 Å². The van der Waals surface area contributed by atoms with Crippen molar-refractivity contribution in [3.05, 3.63) is 29.8 Å². The molecule has 1 rings (SSSR count). The van der Waals surface area contributed by atoms with Gasteiger partial charge in [-0.05, 0) is 23.1 Å². The number of aliphatic hydroxyl groups is 1. The van der Waals surface area contributed by atoms with E-state index in [2.05, 4.69) is 20.8 Å². The van der Waals surface area contributed by atoms with Crippen molar-refractivity contribution >= 4 is 0 Å². The Balaban J connectivity index is 2.55. The van der Waals surface area contributed by atoms with E-state index in [9.17, 15) is 5.11 Å². The van der Waals surface area contributed by atoms with Crippen LogP contribution in [-0.4, -0.2) is 17.8 Å². The lowest BCUT2D eigenvalue weighted by molar-refractivity contribution is 0.111. The molecule has 1 N–H and O–H groups in total. The highest BCUT2D eigenvalue weighted by Gasteiger charge is 2.13. The van der Waals surface area contributed by atoms with Crippen LogP contribution in [0.1, 0.15) is 32.8 Å². The van der Waals surface area contributed by atoms with Gasteiger partial charge in [-0.2, -0.15) is 5.26 Å². The first-order valence-corrected chi connectivity index (χ1v) is 5.72. The molecule has 0 bridgehead atoms. The van der Waals surface area contributed by atoms with Gasteiger partial charge in [0.1, 0.15) is 18.5 Å². The third kappa shape index (κ3) is 4.46. The minimum atomic E-state index is -0.720. The minimum Gasteiger partial charge on any atom is -0.491 e. The van der Waals surface area contributed by atoms with Gasteiger partial charge in [-0.1, -0.05) is 32.9 Å². The first-order valence-electron chi connectivity index (χ1n) is 5.72. The SMILES string of the molecule is CC(C)(C)c1ccc(OCC(O)CC#N)cc1. The summed E-state index contributed by atoms with van der Waals surface area (Å²) in [5, 5.41) is 17.7. The van der Waals surface area contributed by atoms with Crippen molar-refractivity contribution in [2.45, 2.75) is 38.7 Å². The predicted molar refractivity (Wildman–Crippen MR) is 66.9 cm³/mol. The van der Waals surface area contributed by atoms with E-state index in [0.29, 0.717) is 0 Å². The second kappa shape index (κ2) is 5.70. The van der Waals surface area contributed by atoms with E-state index < -0.39 is 6.10 Å². The average molecular weight is 233 g/mol. The van der Waals surface area contributed by atoms with Gasteiger partial charge in [0.05, 0.1) is 12.5 Å². The molecular weight excluding hydrogens is 214 g/mol. The summed E-state index contributed by atoms with van der Waals surface area (Å²) in [6, 6.07) is 9.72. The third-order valence-electron chi connectivity index (χ3n) is 2.49. The normalized spacial score (nSPS) is 12.9. The monoisotopic (exact) mass is 233 g/mol. The molecule has 1 aromatic carbocycles. The van der Waals surface area contributed by atoms with Gasteiger partial charge in [0, 0.05) is 0 Å². The summed E-state index contributed by atoms with van der Waals surface area (Å²) in [5.41, 5.74) is 1.36. The van der Waals surface area contributed by atoms with Gasteiger partial charge in [-0.15, -0.1) is 0 Å². The smallest absolute Gasteiger partial charge is 0.119 e. The maximum atomic E-state index is 9.35. The van der Waals surface area contributed by atoms with Crippen LogP contribution in [0.4, 0.5) is 0 Å². The maximum Gasteiger partial charge on any atom is 0.119 e. The van der Waals surface area contributed by atoms with Gasteiger partial charge in [0.2, 0.25) is 0 Å². The van der Waals surface area contributed by atoms with Crippen molar-refractivity contribution in [2.24, 2.45) is 0 Å². The summed E-state index contributed by atoms with van der Waals surface area (Å²) in [5.74, 6) is 0.718. The maximum absolute atomic E-state index is 9.35. The lowest BCUT2D eigenvalue weighted by atomic mass is 9.87. The summed E-state index contributed by atoms with van der Waals surface area (Å²) in [4.78, 5) is 0. The topological polar surface area (TPSA) is 53.2 Å². The van der Waals surface area contributed by atoms with E-state index in [1.54, 1.807) is 0 Å². The predicted octanol–water partition coefficient (Wildman–Crippen LogP) is 2.64. The number of nitriles is 1. The van der Waals surface area contributed by atoms with E-state index in [1.807, 2.05) is 30.3 Å². The van der Waals surface area contributed by atoms with E-state index in [-0.39, 0.29) is 18.4 Å². The van der Waals surface area contributed by atoms with Gasteiger partial charge >= 0.3 is 0 Å². The summed E-state index contributed by atoms with van der Waals surface area (Å²) in [6.45, 7) is 6.61. The van der Waals surface area contributed by atoms with Gasteiger partial charge in [-0.25, -0.2) is 0 Å². The van der Waals surface area contributed by atoms with Crippen LogP contribution in [0, 0.1) is 11.3 Å². The largest absolute Gasteiger partial charge is 0.491 e. The zero-order chi connectivity index (χ0) is 12.9. The van der Waals surface area contributed by atoms with Crippen LogP contribution in [0.2, 0.25) is 0 Å². The summed E-state index contributed by atoms with van der Waals surface area (Å²) in [7, 11) is 0. The molecule has 0 spiro atoms. The molecule has 0 aliphatic rings. The molecule has 0 heterocycles. The molecule has 0 saturated carbocycles. The number of rotatable bonds is 4. The highest BCUT2D eigenvalue weighted by Crippen LogP contribution is 2.24. The fraction of sp³-hybridized carbons (Fsp3) is 0.500. The van der Waals surface area contributed by atoms with E-state index in [4.69, 9.17) is 10.00 Å². The molecule has 0 aliphatic heterocycles. The molecule has 3 nitrogen and oxygen atoms in total. The molecule has 17 heavy (non-hydrogen) atoms. The second-order valence-electron chi connectivity index (χ2n) is 5.10. The molecule has 1 aromatic rings. The second-order valence-corrected chi connectivity index (χ2v) is 5.10. The van der Waals surface area contributed by atoms with Crippen molar-refractivity contribution in [1.82, 2.24) is 0 Å². The Labute approximate surface area is 103 Å². The Kier molecular flexibility index (Phi) is 4.53. The Morgan fingerprint density at radius 3 is 2.35 bits per heavy atom. The molecule has 0 fully saturated rings. The van der Waals surface area contributed by atoms with Crippen molar-refractivity contribution in [3.63, 3.8) is 0 Å².